The van der Waals surface area contributed by atoms with E-state index in [1.165, 1.54) is 18.2 Å². The Hall–Kier alpha value is -1.60. The monoisotopic (exact) mass is 340 g/mol. The van der Waals surface area contributed by atoms with Gasteiger partial charge in [-0.1, -0.05) is 26.2 Å². The molecule has 0 atom stereocenters. The highest BCUT2D eigenvalue weighted by Crippen LogP contribution is 2.23. The molecule has 0 radical (unpaired) electrons. The summed E-state index contributed by atoms with van der Waals surface area (Å²) in [5.74, 6) is -1.14. The van der Waals surface area contributed by atoms with Crippen LogP contribution in [0.1, 0.15) is 55.8 Å². The number of nitrogens with one attached hydrogen (secondary N) is 2. The van der Waals surface area contributed by atoms with E-state index in [2.05, 4.69) is 10.0 Å². The standard InChI is InChI=1S/C16H24N2O4S/c1-2-10-17-15-9-8-13(11-14(15)16(19)20)23(21,22)18-12-6-4-3-5-7-12/h8-9,11-12,17-18H,2-7,10H2,1H3,(H,19,20). The Morgan fingerprint density at radius 1 is 1.26 bits per heavy atom. The van der Waals surface area contributed by atoms with Crippen molar-refractivity contribution >= 4 is 21.7 Å². The van der Waals surface area contributed by atoms with Gasteiger partial charge in [-0.05, 0) is 37.5 Å². The average Bonchev–Trinajstić information content (AvgIpc) is 2.53. The maximum absolute atomic E-state index is 12.5. The number of carboxylic acids is 1. The fraction of sp³-hybridized carbons (Fsp3) is 0.562. The number of carboxylic acid groups (broad SMARTS) is 1. The highest BCUT2D eigenvalue weighted by molar-refractivity contribution is 7.89. The summed E-state index contributed by atoms with van der Waals surface area (Å²) >= 11 is 0. The van der Waals surface area contributed by atoms with Gasteiger partial charge in [-0.25, -0.2) is 17.9 Å². The van der Waals surface area contributed by atoms with E-state index in [-0.39, 0.29) is 16.5 Å². The lowest BCUT2D eigenvalue weighted by molar-refractivity contribution is 0.0697. The molecule has 0 saturated heterocycles. The number of hydrogen-bond donors (Lipinski definition) is 3. The zero-order valence-electron chi connectivity index (χ0n) is 13.3. The molecule has 7 heteroatoms. The molecule has 23 heavy (non-hydrogen) atoms. The molecule has 128 valence electrons. The van der Waals surface area contributed by atoms with Crippen molar-refractivity contribution in [2.75, 3.05) is 11.9 Å². The summed E-state index contributed by atoms with van der Waals surface area (Å²) in [6.45, 7) is 2.60. The van der Waals surface area contributed by atoms with Crippen LogP contribution in [0, 0.1) is 0 Å². The molecule has 1 aliphatic rings. The van der Waals surface area contributed by atoms with Gasteiger partial charge in [0.1, 0.15) is 0 Å². The Kier molecular flexibility index (Phi) is 6.01. The van der Waals surface area contributed by atoms with Gasteiger partial charge >= 0.3 is 5.97 Å². The first kappa shape index (κ1) is 17.7. The number of hydrogen-bond acceptors (Lipinski definition) is 4. The van der Waals surface area contributed by atoms with Crippen molar-refractivity contribution in [1.82, 2.24) is 4.72 Å². The second-order valence-electron chi connectivity index (χ2n) is 5.90. The number of anilines is 1. The van der Waals surface area contributed by atoms with Crippen LogP contribution in [0.15, 0.2) is 23.1 Å². The Morgan fingerprint density at radius 2 is 1.96 bits per heavy atom. The summed E-state index contributed by atoms with van der Waals surface area (Å²) < 4.78 is 27.7. The maximum Gasteiger partial charge on any atom is 0.337 e. The predicted octanol–water partition coefficient (Wildman–Crippen LogP) is 2.82. The Morgan fingerprint density at radius 3 is 2.57 bits per heavy atom. The van der Waals surface area contributed by atoms with Gasteiger partial charge in [-0.3, -0.25) is 0 Å². The summed E-state index contributed by atoms with van der Waals surface area (Å²) in [6, 6.07) is 4.15. The van der Waals surface area contributed by atoms with E-state index in [4.69, 9.17) is 0 Å². The molecule has 3 N–H and O–H groups in total. The van der Waals surface area contributed by atoms with Crippen molar-refractivity contribution in [3.63, 3.8) is 0 Å². The van der Waals surface area contributed by atoms with Gasteiger partial charge in [0.2, 0.25) is 10.0 Å². The molecule has 1 fully saturated rings. The van der Waals surface area contributed by atoms with E-state index in [0.717, 1.165) is 38.5 Å². The van der Waals surface area contributed by atoms with E-state index in [9.17, 15) is 18.3 Å². The predicted molar refractivity (Wildman–Crippen MR) is 89.4 cm³/mol. The summed E-state index contributed by atoms with van der Waals surface area (Å²) in [5.41, 5.74) is 0.418. The summed E-state index contributed by atoms with van der Waals surface area (Å²) in [5, 5.41) is 12.3. The molecule has 0 amide bonds. The van der Waals surface area contributed by atoms with Crippen LogP contribution in [-0.2, 0) is 10.0 Å². The topological polar surface area (TPSA) is 95.5 Å². The molecule has 0 spiro atoms. The van der Waals surface area contributed by atoms with Crippen molar-refractivity contribution in [2.24, 2.45) is 0 Å². The van der Waals surface area contributed by atoms with Gasteiger partial charge in [0, 0.05) is 18.3 Å². The molecule has 1 aromatic carbocycles. The van der Waals surface area contributed by atoms with Gasteiger partial charge in [0.25, 0.3) is 0 Å². The number of carbonyl (C=O) groups is 1. The zero-order chi connectivity index (χ0) is 16.9. The van der Waals surface area contributed by atoms with Crippen LogP contribution in [0.4, 0.5) is 5.69 Å². The van der Waals surface area contributed by atoms with E-state index < -0.39 is 16.0 Å². The first-order valence-electron chi connectivity index (χ1n) is 8.07. The van der Waals surface area contributed by atoms with Gasteiger partial charge in [-0.2, -0.15) is 0 Å². The van der Waals surface area contributed by atoms with Crippen LogP contribution < -0.4 is 10.0 Å². The van der Waals surface area contributed by atoms with Crippen LogP contribution in [0.25, 0.3) is 0 Å². The SMILES string of the molecule is CCCNc1ccc(S(=O)(=O)NC2CCCCC2)cc1C(=O)O. The molecule has 6 nitrogen and oxygen atoms in total. The molecule has 1 aliphatic carbocycles. The van der Waals surface area contributed by atoms with Crippen LogP contribution in [0.5, 0.6) is 0 Å². The second-order valence-corrected chi connectivity index (χ2v) is 7.61. The third-order valence-corrected chi connectivity index (χ3v) is 5.54. The second kappa shape index (κ2) is 7.79. The number of rotatable bonds is 7. The van der Waals surface area contributed by atoms with Gasteiger partial charge in [-0.15, -0.1) is 0 Å². The third kappa shape index (κ3) is 4.68. The fourth-order valence-electron chi connectivity index (χ4n) is 2.79. The molecule has 0 aromatic heterocycles. The highest BCUT2D eigenvalue weighted by atomic mass is 32.2. The van der Waals surface area contributed by atoms with E-state index in [1.807, 2.05) is 6.92 Å². The van der Waals surface area contributed by atoms with Gasteiger partial charge < -0.3 is 10.4 Å². The van der Waals surface area contributed by atoms with E-state index in [1.54, 1.807) is 0 Å². The minimum Gasteiger partial charge on any atom is -0.478 e. The Bertz CT molecular complexity index is 652. The fourth-order valence-corrected chi connectivity index (χ4v) is 4.12. The lowest BCUT2D eigenvalue weighted by Gasteiger charge is -2.22. The van der Waals surface area contributed by atoms with E-state index in [0.29, 0.717) is 12.2 Å². The van der Waals surface area contributed by atoms with Crippen molar-refractivity contribution in [3.05, 3.63) is 23.8 Å². The minimum absolute atomic E-state index is 0.00234. The quantitative estimate of drug-likeness (QED) is 0.709. The van der Waals surface area contributed by atoms with Crippen LogP contribution in [0.2, 0.25) is 0 Å². The van der Waals surface area contributed by atoms with Crippen molar-refractivity contribution < 1.29 is 18.3 Å². The lowest BCUT2D eigenvalue weighted by atomic mass is 9.96. The van der Waals surface area contributed by atoms with Crippen LogP contribution in [-0.4, -0.2) is 32.1 Å². The molecule has 0 aliphatic heterocycles. The summed E-state index contributed by atoms with van der Waals surface area (Å²) in [7, 11) is -3.69. The smallest absolute Gasteiger partial charge is 0.337 e. The molecule has 0 bridgehead atoms. The zero-order valence-corrected chi connectivity index (χ0v) is 14.2. The van der Waals surface area contributed by atoms with Crippen molar-refractivity contribution in [3.8, 4) is 0 Å². The first-order valence-corrected chi connectivity index (χ1v) is 9.56. The van der Waals surface area contributed by atoms with E-state index >= 15 is 0 Å². The molecular weight excluding hydrogens is 316 g/mol. The Labute approximate surface area is 137 Å². The molecule has 1 aromatic rings. The van der Waals surface area contributed by atoms with Gasteiger partial charge in [0.05, 0.1) is 10.5 Å². The molecule has 2 rings (SSSR count). The molecule has 0 unspecified atom stereocenters. The highest BCUT2D eigenvalue weighted by Gasteiger charge is 2.23. The van der Waals surface area contributed by atoms with Gasteiger partial charge in [0.15, 0.2) is 0 Å². The first-order chi connectivity index (χ1) is 10.9. The number of aromatic carboxylic acids is 1. The molecule has 0 heterocycles. The number of benzene rings is 1. The van der Waals surface area contributed by atoms with Crippen LogP contribution in [0.3, 0.4) is 0 Å². The third-order valence-electron chi connectivity index (χ3n) is 4.02. The lowest BCUT2D eigenvalue weighted by Crippen LogP contribution is -2.36. The van der Waals surface area contributed by atoms with Crippen molar-refractivity contribution in [2.45, 2.75) is 56.4 Å². The van der Waals surface area contributed by atoms with Crippen LogP contribution >= 0.6 is 0 Å². The van der Waals surface area contributed by atoms with Crippen molar-refractivity contribution in [1.29, 1.82) is 0 Å². The summed E-state index contributed by atoms with van der Waals surface area (Å²) in [6.07, 6.45) is 5.70. The number of sulfonamides is 1. The maximum atomic E-state index is 12.5. The minimum atomic E-state index is -3.69. The average molecular weight is 340 g/mol. The normalized spacial score (nSPS) is 16.2. The molecular formula is C16H24N2O4S. The Balaban J connectivity index is 2.23. The molecule has 1 saturated carbocycles. The summed E-state index contributed by atoms with van der Waals surface area (Å²) in [4.78, 5) is 11.4. The largest absolute Gasteiger partial charge is 0.478 e.